The molecule has 0 bridgehead atoms. The van der Waals surface area contributed by atoms with Gasteiger partial charge >= 0.3 is 6.03 Å². The summed E-state index contributed by atoms with van der Waals surface area (Å²) in [5.41, 5.74) is 0.820. The molecule has 3 aliphatic rings. The Morgan fingerprint density at radius 2 is 1.91 bits per heavy atom. The Hall–Kier alpha value is -3.55. The fourth-order valence-corrected chi connectivity index (χ4v) is 4.77. The Labute approximate surface area is 186 Å². The van der Waals surface area contributed by atoms with Crippen LogP contribution in [0.5, 0.6) is 11.5 Å². The molecular formula is C24H25N3O5. The van der Waals surface area contributed by atoms with Crippen LogP contribution in [0.25, 0.3) is 0 Å². The molecule has 2 aliphatic heterocycles. The number of aryl methyl sites for hydroxylation is 1. The monoisotopic (exact) mass is 435 g/mol. The van der Waals surface area contributed by atoms with Crippen LogP contribution in [0.15, 0.2) is 48.5 Å². The van der Waals surface area contributed by atoms with Gasteiger partial charge in [0.2, 0.25) is 5.91 Å². The van der Waals surface area contributed by atoms with E-state index in [1.807, 2.05) is 55.5 Å². The molecule has 4 amide bonds. The van der Waals surface area contributed by atoms with E-state index in [1.165, 1.54) is 0 Å². The Morgan fingerprint density at radius 1 is 1.16 bits per heavy atom. The summed E-state index contributed by atoms with van der Waals surface area (Å²) in [4.78, 5) is 41.7. The molecule has 0 saturated carbocycles. The number of hydrogen-bond donors (Lipinski definition) is 1. The summed E-state index contributed by atoms with van der Waals surface area (Å²) in [6.07, 6.45) is 0.891. The number of likely N-dealkylation sites (N-methyl/N-ethyl adjacent to an activating group) is 1. The second kappa shape index (κ2) is 7.85. The molecule has 2 unspecified atom stereocenters. The smallest absolute Gasteiger partial charge is 0.325 e. The number of amides is 4. The van der Waals surface area contributed by atoms with Crippen LogP contribution in [0.4, 0.5) is 4.79 Å². The van der Waals surface area contributed by atoms with Gasteiger partial charge in [0.1, 0.15) is 18.7 Å². The van der Waals surface area contributed by atoms with Crippen LogP contribution >= 0.6 is 0 Å². The number of imide groups is 1. The van der Waals surface area contributed by atoms with E-state index in [9.17, 15) is 14.4 Å². The fourth-order valence-electron chi connectivity index (χ4n) is 4.77. The van der Waals surface area contributed by atoms with E-state index in [1.54, 1.807) is 4.90 Å². The van der Waals surface area contributed by atoms with E-state index in [4.69, 9.17) is 9.47 Å². The normalized spacial score (nSPS) is 23.3. The zero-order chi connectivity index (χ0) is 22.3. The third-order valence-corrected chi connectivity index (χ3v) is 6.44. The average Bonchev–Trinajstić information content (AvgIpc) is 3.30. The number of nitrogens with one attached hydrogen (secondary N) is 1. The molecule has 5 rings (SSSR count). The minimum atomic E-state index is -1.06. The summed E-state index contributed by atoms with van der Waals surface area (Å²) in [5, 5.41) is 2.86. The highest BCUT2D eigenvalue weighted by atomic mass is 16.6. The highest BCUT2D eigenvalue weighted by molar-refractivity contribution is 6.09. The van der Waals surface area contributed by atoms with Crippen LogP contribution in [0.2, 0.25) is 0 Å². The average molecular weight is 435 g/mol. The highest BCUT2D eigenvalue weighted by Crippen LogP contribution is 2.41. The number of urea groups is 1. The third-order valence-electron chi connectivity index (χ3n) is 6.44. The number of carbonyl (C=O) groups excluding carboxylic acids is 3. The van der Waals surface area contributed by atoms with E-state index in [0.717, 1.165) is 16.0 Å². The molecule has 2 aromatic rings. The maximum absolute atomic E-state index is 13.3. The van der Waals surface area contributed by atoms with Crippen LogP contribution in [0.3, 0.4) is 0 Å². The Bertz CT molecular complexity index is 1090. The van der Waals surface area contributed by atoms with Crippen LogP contribution in [-0.2, 0) is 21.5 Å². The first-order valence-electron chi connectivity index (χ1n) is 10.9. The minimum absolute atomic E-state index is 0.299. The van der Waals surface area contributed by atoms with Crippen molar-refractivity contribution in [2.45, 2.75) is 31.4 Å². The van der Waals surface area contributed by atoms with Crippen molar-refractivity contribution < 1.29 is 23.9 Å². The van der Waals surface area contributed by atoms with E-state index in [0.29, 0.717) is 44.0 Å². The van der Waals surface area contributed by atoms with Gasteiger partial charge in [0.25, 0.3) is 5.91 Å². The van der Waals surface area contributed by atoms with E-state index >= 15 is 0 Å². The van der Waals surface area contributed by atoms with Crippen molar-refractivity contribution in [3.63, 3.8) is 0 Å². The molecule has 32 heavy (non-hydrogen) atoms. The van der Waals surface area contributed by atoms with Gasteiger partial charge in [-0.25, -0.2) is 4.79 Å². The van der Waals surface area contributed by atoms with Crippen molar-refractivity contribution in [3.05, 3.63) is 59.7 Å². The van der Waals surface area contributed by atoms with Crippen molar-refractivity contribution in [2.75, 3.05) is 26.2 Å². The topological polar surface area (TPSA) is 88.2 Å². The SMILES string of the molecule is CCN(CC1COc2ccccc2O1)C(=O)CN1C(=O)NC2(CCc3ccccc32)C1=O. The molecule has 1 aliphatic carbocycles. The van der Waals surface area contributed by atoms with Gasteiger partial charge in [-0.3, -0.25) is 14.5 Å². The quantitative estimate of drug-likeness (QED) is 0.727. The van der Waals surface area contributed by atoms with Gasteiger partial charge in [0, 0.05) is 6.54 Å². The van der Waals surface area contributed by atoms with Crippen LogP contribution in [0, 0.1) is 0 Å². The van der Waals surface area contributed by atoms with Crippen molar-refractivity contribution in [2.24, 2.45) is 0 Å². The van der Waals surface area contributed by atoms with Crippen molar-refractivity contribution >= 4 is 17.8 Å². The second-order valence-corrected chi connectivity index (χ2v) is 8.31. The molecule has 0 aromatic heterocycles. The van der Waals surface area contributed by atoms with Gasteiger partial charge in [-0.1, -0.05) is 36.4 Å². The van der Waals surface area contributed by atoms with Gasteiger partial charge < -0.3 is 19.7 Å². The highest BCUT2D eigenvalue weighted by Gasteiger charge is 2.55. The number of hydrogen-bond acceptors (Lipinski definition) is 5. The lowest BCUT2D eigenvalue weighted by atomic mass is 9.92. The lowest BCUT2D eigenvalue weighted by Gasteiger charge is -2.31. The first-order chi connectivity index (χ1) is 15.5. The summed E-state index contributed by atoms with van der Waals surface area (Å²) < 4.78 is 11.7. The number of ether oxygens (including phenoxy) is 2. The van der Waals surface area contributed by atoms with Crippen molar-refractivity contribution in [1.29, 1.82) is 0 Å². The Balaban J connectivity index is 1.27. The van der Waals surface area contributed by atoms with Gasteiger partial charge in [0.15, 0.2) is 17.6 Å². The molecule has 0 radical (unpaired) electrons. The Kier molecular flexibility index (Phi) is 5.00. The molecule has 2 heterocycles. The largest absolute Gasteiger partial charge is 0.486 e. The van der Waals surface area contributed by atoms with E-state index in [2.05, 4.69) is 5.32 Å². The number of benzene rings is 2. The lowest BCUT2D eigenvalue weighted by Crippen LogP contribution is -2.48. The fraction of sp³-hybridized carbons (Fsp3) is 0.375. The van der Waals surface area contributed by atoms with E-state index in [-0.39, 0.29) is 24.5 Å². The number of carbonyl (C=O) groups is 3. The lowest BCUT2D eigenvalue weighted by molar-refractivity contribution is -0.139. The standard InChI is InChI=1S/C24H25N3O5/c1-2-26(13-17-15-31-19-9-5-6-10-20(19)32-17)21(28)14-27-22(29)24(25-23(27)30)12-11-16-7-3-4-8-18(16)24/h3-10,17H,2,11-15H2,1H3,(H,25,30). The maximum Gasteiger partial charge on any atom is 0.325 e. The predicted octanol–water partition coefficient (Wildman–Crippen LogP) is 2.07. The zero-order valence-corrected chi connectivity index (χ0v) is 17.9. The number of para-hydroxylation sites is 2. The first-order valence-corrected chi connectivity index (χ1v) is 10.9. The minimum Gasteiger partial charge on any atom is -0.486 e. The Morgan fingerprint density at radius 3 is 2.72 bits per heavy atom. The summed E-state index contributed by atoms with van der Waals surface area (Å²) in [6, 6.07) is 14.5. The number of rotatable bonds is 5. The predicted molar refractivity (Wildman–Crippen MR) is 115 cm³/mol. The molecule has 166 valence electrons. The summed E-state index contributed by atoms with van der Waals surface area (Å²) >= 11 is 0. The molecular weight excluding hydrogens is 410 g/mol. The zero-order valence-electron chi connectivity index (χ0n) is 17.9. The van der Waals surface area contributed by atoms with Gasteiger partial charge in [-0.05, 0) is 43.0 Å². The van der Waals surface area contributed by atoms with Gasteiger partial charge in [-0.2, -0.15) is 0 Å². The van der Waals surface area contributed by atoms with E-state index < -0.39 is 11.6 Å². The van der Waals surface area contributed by atoms with Crippen molar-refractivity contribution in [1.82, 2.24) is 15.1 Å². The molecule has 1 saturated heterocycles. The van der Waals surface area contributed by atoms with Gasteiger partial charge in [-0.15, -0.1) is 0 Å². The third kappa shape index (κ3) is 3.26. The van der Waals surface area contributed by atoms with Crippen LogP contribution in [0.1, 0.15) is 24.5 Å². The maximum atomic E-state index is 13.3. The molecule has 2 atom stereocenters. The summed E-state index contributed by atoms with van der Waals surface area (Å²) in [7, 11) is 0. The molecule has 1 N–H and O–H groups in total. The van der Waals surface area contributed by atoms with Crippen molar-refractivity contribution in [3.8, 4) is 11.5 Å². The van der Waals surface area contributed by atoms with Crippen LogP contribution < -0.4 is 14.8 Å². The molecule has 8 nitrogen and oxygen atoms in total. The van der Waals surface area contributed by atoms with Crippen LogP contribution in [-0.4, -0.2) is 60.0 Å². The van der Waals surface area contributed by atoms with Gasteiger partial charge in [0.05, 0.1) is 6.54 Å². The summed E-state index contributed by atoms with van der Waals surface area (Å²) in [5.74, 6) is 0.660. The molecule has 8 heteroatoms. The summed E-state index contributed by atoms with van der Waals surface area (Å²) in [6.45, 7) is 2.62. The number of nitrogens with zero attached hydrogens (tertiary/aromatic N) is 2. The first kappa shape index (κ1) is 20.4. The molecule has 1 fully saturated rings. The second-order valence-electron chi connectivity index (χ2n) is 8.31. The number of fused-ring (bicyclic) bond motifs is 3. The molecule has 1 spiro atoms. The molecule has 2 aromatic carbocycles.